The van der Waals surface area contributed by atoms with Crippen molar-refractivity contribution in [2.45, 2.75) is 38.3 Å². The first-order valence-corrected chi connectivity index (χ1v) is 10.4. The summed E-state index contributed by atoms with van der Waals surface area (Å²) in [7, 11) is 1.61. The topological polar surface area (TPSA) is 74.4 Å². The van der Waals surface area contributed by atoms with Gasteiger partial charge >= 0.3 is 6.03 Å². The van der Waals surface area contributed by atoms with Crippen LogP contribution in [0.4, 0.5) is 10.5 Å². The zero-order chi connectivity index (χ0) is 21.1. The number of urea groups is 1. The molecule has 0 saturated heterocycles. The fourth-order valence-electron chi connectivity index (χ4n) is 3.99. The van der Waals surface area contributed by atoms with Crippen molar-refractivity contribution < 1.29 is 9.53 Å². The molecule has 1 aromatic heterocycles. The van der Waals surface area contributed by atoms with Crippen molar-refractivity contribution >= 4 is 34.2 Å². The first-order valence-electron chi connectivity index (χ1n) is 10.1. The largest absolute Gasteiger partial charge is 0.497 e. The van der Waals surface area contributed by atoms with Gasteiger partial charge in [-0.2, -0.15) is 0 Å². The van der Waals surface area contributed by atoms with Crippen molar-refractivity contribution in [3.8, 4) is 5.75 Å². The van der Waals surface area contributed by atoms with Gasteiger partial charge in [0.2, 0.25) is 0 Å². The second-order valence-corrected chi connectivity index (χ2v) is 7.96. The summed E-state index contributed by atoms with van der Waals surface area (Å²) in [6.07, 6.45) is 4.00. The molecule has 30 heavy (non-hydrogen) atoms. The Balaban J connectivity index is 1.65. The van der Waals surface area contributed by atoms with E-state index in [-0.39, 0.29) is 24.2 Å². The van der Waals surface area contributed by atoms with Crippen LogP contribution < -0.4 is 15.6 Å². The van der Waals surface area contributed by atoms with Crippen LogP contribution >= 0.6 is 11.6 Å². The van der Waals surface area contributed by atoms with Crippen LogP contribution in [0.1, 0.15) is 31.2 Å². The molecule has 1 aliphatic rings. The molecule has 2 N–H and O–H groups in total. The monoisotopic (exact) mass is 425 g/mol. The Bertz CT molecular complexity index is 1120. The number of carbonyl (C=O) groups is 1. The van der Waals surface area contributed by atoms with Gasteiger partial charge in [0, 0.05) is 22.5 Å². The van der Waals surface area contributed by atoms with Gasteiger partial charge in [-0.15, -0.1) is 0 Å². The highest BCUT2D eigenvalue weighted by molar-refractivity contribution is 6.33. The van der Waals surface area contributed by atoms with Gasteiger partial charge in [-0.3, -0.25) is 4.79 Å². The summed E-state index contributed by atoms with van der Waals surface area (Å²) in [5.41, 5.74) is 1.64. The number of hydrogen-bond acceptors (Lipinski definition) is 3. The number of fused-ring (bicyclic) bond motifs is 1. The lowest BCUT2D eigenvalue weighted by molar-refractivity contribution is 0.184. The molecule has 0 atom stereocenters. The molecule has 0 spiro atoms. The number of benzene rings is 2. The van der Waals surface area contributed by atoms with Gasteiger partial charge < -0.3 is 19.9 Å². The number of methoxy groups -OCH3 is 1. The van der Waals surface area contributed by atoms with Gasteiger partial charge in [-0.25, -0.2) is 4.79 Å². The molecule has 156 valence electrons. The molecule has 1 aliphatic carbocycles. The van der Waals surface area contributed by atoms with Crippen LogP contribution in [0.15, 0.2) is 53.3 Å². The summed E-state index contributed by atoms with van der Waals surface area (Å²) in [5.74, 6) is 0.713. The number of H-pyrrole nitrogens is 1. The Labute approximate surface area is 179 Å². The van der Waals surface area contributed by atoms with E-state index < -0.39 is 0 Å². The van der Waals surface area contributed by atoms with Crippen LogP contribution in [0.2, 0.25) is 5.02 Å². The number of rotatable bonds is 5. The SMILES string of the molecule is COc1ccc2[nH]c(=O)c(CN(C(=O)Nc3ccccc3Cl)C3CCCC3)cc2c1. The van der Waals surface area contributed by atoms with E-state index in [1.54, 1.807) is 30.2 Å². The highest BCUT2D eigenvalue weighted by Crippen LogP contribution is 2.27. The minimum atomic E-state index is -0.250. The van der Waals surface area contributed by atoms with E-state index in [0.29, 0.717) is 22.0 Å². The van der Waals surface area contributed by atoms with Crippen molar-refractivity contribution in [2.75, 3.05) is 12.4 Å². The van der Waals surface area contributed by atoms with Crippen molar-refractivity contribution in [2.24, 2.45) is 0 Å². The molecular weight excluding hydrogens is 402 g/mol. The van der Waals surface area contributed by atoms with Crippen LogP contribution in [0.3, 0.4) is 0 Å². The number of aromatic amines is 1. The van der Waals surface area contributed by atoms with Crippen molar-refractivity contribution in [3.05, 3.63) is 69.5 Å². The van der Waals surface area contributed by atoms with E-state index >= 15 is 0 Å². The van der Waals surface area contributed by atoms with E-state index in [1.807, 2.05) is 30.3 Å². The summed E-state index contributed by atoms with van der Waals surface area (Å²) in [6, 6.07) is 14.3. The number of anilines is 1. The molecule has 0 bridgehead atoms. The number of aromatic nitrogens is 1. The maximum absolute atomic E-state index is 13.2. The number of halogens is 1. The Morgan fingerprint density at radius 2 is 1.97 bits per heavy atom. The van der Waals surface area contributed by atoms with Crippen molar-refractivity contribution in [1.82, 2.24) is 9.88 Å². The predicted molar refractivity (Wildman–Crippen MR) is 119 cm³/mol. The van der Waals surface area contributed by atoms with Gasteiger partial charge in [-0.1, -0.05) is 36.6 Å². The van der Waals surface area contributed by atoms with Crippen molar-refractivity contribution in [3.63, 3.8) is 0 Å². The normalized spacial score (nSPS) is 14.1. The second kappa shape index (κ2) is 8.79. The predicted octanol–water partition coefficient (Wildman–Crippen LogP) is 5.17. The second-order valence-electron chi connectivity index (χ2n) is 7.55. The van der Waals surface area contributed by atoms with E-state index in [1.165, 1.54) is 0 Å². The Kier molecular flexibility index (Phi) is 5.95. The molecule has 0 unspecified atom stereocenters. The number of ether oxygens (including phenoxy) is 1. The average Bonchev–Trinajstić information content (AvgIpc) is 3.28. The molecule has 7 heteroatoms. The molecule has 0 aliphatic heterocycles. The maximum atomic E-state index is 13.2. The van der Waals surface area contributed by atoms with E-state index in [4.69, 9.17) is 16.3 Å². The molecule has 1 fully saturated rings. The smallest absolute Gasteiger partial charge is 0.322 e. The fourth-order valence-corrected chi connectivity index (χ4v) is 4.17. The molecule has 2 amide bonds. The molecule has 4 rings (SSSR count). The number of hydrogen-bond donors (Lipinski definition) is 2. The third kappa shape index (κ3) is 4.28. The minimum Gasteiger partial charge on any atom is -0.497 e. The van der Waals surface area contributed by atoms with Gasteiger partial charge in [-0.05, 0) is 49.2 Å². The number of nitrogens with one attached hydrogen (secondary N) is 2. The first-order chi connectivity index (χ1) is 14.5. The summed E-state index contributed by atoms with van der Waals surface area (Å²) >= 11 is 6.21. The molecule has 2 aromatic carbocycles. The molecule has 3 aromatic rings. The van der Waals surface area contributed by atoms with Gasteiger partial charge in [0.1, 0.15) is 5.75 Å². The lowest BCUT2D eigenvalue weighted by Gasteiger charge is -2.29. The third-order valence-corrected chi connectivity index (χ3v) is 5.94. The van der Waals surface area contributed by atoms with Crippen molar-refractivity contribution in [1.29, 1.82) is 0 Å². The molecule has 6 nitrogen and oxygen atoms in total. The summed E-state index contributed by atoms with van der Waals surface area (Å²) in [4.78, 5) is 30.5. The number of para-hydroxylation sites is 1. The minimum absolute atomic E-state index is 0.0906. The Hall–Kier alpha value is -2.99. The number of pyridine rings is 1. The average molecular weight is 426 g/mol. The van der Waals surface area contributed by atoms with Gasteiger partial charge in [0.25, 0.3) is 5.56 Å². The van der Waals surface area contributed by atoms with Crippen LogP contribution in [-0.2, 0) is 6.54 Å². The fraction of sp³-hybridized carbons (Fsp3) is 0.304. The third-order valence-electron chi connectivity index (χ3n) is 5.61. The molecule has 1 saturated carbocycles. The lowest BCUT2D eigenvalue weighted by atomic mass is 10.1. The molecular formula is C23H24ClN3O3. The number of carbonyl (C=O) groups excluding carboxylic acids is 1. The van der Waals surface area contributed by atoms with Crippen LogP contribution in [0, 0.1) is 0 Å². The summed E-state index contributed by atoms with van der Waals surface area (Å²) in [6.45, 7) is 0.226. The zero-order valence-corrected chi connectivity index (χ0v) is 17.5. The number of nitrogens with zero attached hydrogens (tertiary/aromatic N) is 1. The maximum Gasteiger partial charge on any atom is 0.322 e. The lowest BCUT2D eigenvalue weighted by Crippen LogP contribution is -2.42. The Morgan fingerprint density at radius 3 is 2.70 bits per heavy atom. The van der Waals surface area contributed by atoms with Crippen LogP contribution in [0.25, 0.3) is 10.9 Å². The molecule has 0 radical (unpaired) electrons. The standard InChI is InChI=1S/C23H24ClN3O3/c1-30-18-10-11-20-15(13-18)12-16(22(28)25-20)14-27(17-6-2-3-7-17)23(29)26-21-9-5-4-8-19(21)24/h4-5,8-13,17H,2-3,6-7,14H2,1H3,(H,25,28)(H,26,29). The van der Waals surface area contributed by atoms with E-state index in [9.17, 15) is 9.59 Å². The van der Waals surface area contributed by atoms with E-state index in [0.717, 1.165) is 36.6 Å². The quantitative estimate of drug-likeness (QED) is 0.592. The molecule has 1 heterocycles. The Morgan fingerprint density at radius 1 is 1.20 bits per heavy atom. The van der Waals surface area contributed by atoms with Gasteiger partial charge in [0.05, 0.1) is 24.4 Å². The zero-order valence-electron chi connectivity index (χ0n) is 16.8. The van der Waals surface area contributed by atoms with Crippen LogP contribution in [0.5, 0.6) is 5.75 Å². The first kappa shape index (κ1) is 20.3. The highest BCUT2D eigenvalue weighted by atomic mass is 35.5. The summed E-state index contributed by atoms with van der Waals surface area (Å²) < 4.78 is 5.29. The number of amides is 2. The van der Waals surface area contributed by atoms with E-state index in [2.05, 4.69) is 10.3 Å². The highest BCUT2D eigenvalue weighted by Gasteiger charge is 2.28. The van der Waals surface area contributed by atoms with Gasteiger partial charge in [0.15, 0.2) is 0 Å². The summed E-state index contributed by atoms with van der Waals surface area (Å²) in [5, 5.41) is 4.25. The van der Waals surface area contributed by atoms with Crippen LogP contribution in [-0.4, -0.2) is 29.1 Å².